The zero-order chi connectivity index (χ0) is 23.0. The number of hydrogen-bond acceptors (Lipinski definition) is 7. The minimum atomic E-state index is -3.68. The summed E-state index contributed by atoms with van der Waals surface area (Å²) < 4.78 is 37.7. The van der Waals surface area contributed by atoms with Crippen molar-refractivity contribution in [2.45, 2.75) is 24.2 Å². The maximum absolute atomic E-state index is 12.4. The van der Waals surface area contributed by atoms with Crippen LogP contribution in [-0.4, -0.2) is 40.1 Å². The van der Waals surface area contributed by atoms with E-state index in [1.54, 1.807) is 37.8 Å². The smallest absolute Gasteiger partial charge is 0.263 e. The molecule has 1 heterocycles. The molecular formula is C22H25N3O5S2. The van der Waals surface area contributed by atoms with Crippen molar-refractivity contribution in [3.05, 3.63) is 65.2 Å². The molecule has 0 aliphatic carbocycles. The lowest BCUT2D eigenvalue weighted by molar-refractivity contribution is -0.121. The predicted molar refractivity (Wildman–Crippen MR) is 124 cm³/mol. The van der Waals surface area contributed by atoms with Crippen LogP contribution in [0.5, 0.6) is 11.5 Å². The highest BCUT2D eigenvalue weighted by Gasteiger charge is 2.16. The second-order valence-corrected chi connectivity index (χ2v) is 9.39. The number of nitrogens with one attached hydrogen (secondary N) is 2. The molecule has 8 nitrogen and oxygen atoms in total. The van der Waals surface area contributed by atoms with Gasteiger partial charge in [-0.15, -0.1) is 11.3 Å². The number of sulfonamides is 1. The number of hydrogen-bond donors (Lipinski definition) is 2. The van der Waals surface area contributed by atoms with Gasteiger partial charge in [0, 0.05) is 18.3 Å². The number of ether oxygens (including phenoxy) is 2. The molecule has 0 unspecified atom stereocenters. The van der Waals surface area contributed by atoms with Crippen LogP contribution in [0.2, 0.25) is 0 Å². The Morgan fingerprint density at radius 2 is 1.78 bits per heavy atom. The number of carbonyl (C=O) groups is 1. The summed E-state index contributed by atoms with van der Waals surface area (Å²) in [5.74, 6) is 1.22. The van der Waals surface area contributed by atoms with Gasteiger partial charge in [0.15, 0.2) is 16.6 Å². The molecule has 170 valence electrons. The Kier molecular flexibility index (Phi) is 8.07. The fourth-order valence-corrected chi connectivity index (χ4v) is 4.97. The Balaban J connectivity index is 1.44. The fraction of sp³-hybridized carbons (Fsp3) is 0.273. The Hall–Kier alpha value is -3.11. The van der Waals surface area contributed by atoms with Crippen molar-refractivity contribution in [3.8, 4) is 11.5 Å². The van der Waals surface area contributed by atoms with Gasteiger partial charge in [-0.05, 0) is 42.7 Å². The molecule has 10 heteroatoms. The molecule has 2 aromatic carbocycles. The molecule has 0 spiro atoms. The predicted octanol–water partition coefficient (Wildman–Crippen LogP) is 3.25. The number of nitrogens with zero attached hydrogens (tertiary/aromatic N) is 1. The molecular weight excluding hydrogens is 450 g/mol. The third kappa shape index (κ3) is 6.44. The molecule has 32 heavy (non-hydrogen) atoms. The first-order chi connectivity index (χ1) is 15.4. The summed E-state index contributed by atoms with van der Waals surface area (Å²) >= 11 is 1.19. The number of carbonyl (C=O) groups excluding carboxylic acids is 1. The first kappa shape index (κ1) is 23.6. The molecule has 0 saturated carbocycles. The van der Waals surface area contributed by atoms with Crippen molar-refractivity contribution in [3.63, 3.8) is 0 Å². The summed E-state index contributed by atoms with van der Waals surface area (Å²) in [7, 11) is -0.510. The number of rotatable bonds is 11. The van der Waals surface area contributed by atoms with E-state index in [-0.39, 0.29) is 22.4 Å². The molecule has 0 aliphatic heterocycles. The molecule has 0 atom stereocenters. The molecule has 3 aromatic rings. The highest BCUT2D eigenvalue weighted by molar-refractivity contribution is 7.93. The Labute approximate surface area is 191 Å². The number of methoxy groups -OCH3 is 2. The third-order valence-electron chi connectivity index (χ3n) is 4.62. The normalized spacial score (nSPS) is 11.1. The highest BCUT2D eigenvalue weighted by Crippen LogP contribution is 2.27. The summed E-state index contributed by atoms with van der Waals surface area (Å²) in [5, 5.41) is 4.91. The van der Waals surface area contributed by atoms with E-state index in [4.69, 9.17) is 9.47 Å². The van der Waals surface area contributed by atoms with Gasteiger partial charge in [-0.2, -0.15) is 0 Å². The average Bonchev–Trinajstić information content (AvgIpc) is 3.24. The zero-order valence-corrected chi connectivity index (χ0v) is 19.5. The van der Waals surface area contributed by atoms with E-state index in [2.05, 4.69) is 15.0 Å². The molecule has 3 rings (SSSR count). The van der Waals surface area contributed by atoms with E-state index in [0.717, 1.165) is 5.56 Å². The summed E-state index contributed by atoms with van der Waals surface area (Å²) in [6, 6.07) is 13.8. The van der Waals surface area contributed by atoms with Gasteiger partial charge in [-0.3, -0.25) is 9.52 Å². The number of benzene rings is 2. The topological polar surface area (TPSA) is 107 Å². The van der Waals surface area contributed by atoms with E-state index >= 15 is 0 Å². The molecule has 0 aliphatic rings. The van der Waals surface area contributed by atoms with E-state index in [9.17, 15) is 13.2 Å². The molecule has 0 saturated heterocycles. The minimum absolute atomic E-state index is 0.0927. The van der Waals surface area contributed by atoms with Crippen molar-refractivity contribution in [1.29, 1.82) is 0 Å². The lowest BCUT2D eigenvalue weighted by Crippen LogP contribution is -2.25. The standard InChI is InChI=1S/C22H25N3O5S2/c1-29-19-10-8-16(14-20(19)30-2)12-13-23-21(26)11-9-17-15-31-22(24-17)25-32(27,28)18-6-4-3-5-7-18/h3-8,10,14-15H,9,11-13H2,1-2H3,(H,23,26)(H,24,25). The van der Waals surface area contributed by atoms with Crippen molar-refractivity contribution < 1.29 is 22.7 Å². The van der Waals surface area contributed by atoms with Crippen LogP contribution < -0.4 is 19.5 Å². The van der Waals surface area contributed by atoms with Crippen LogP contribution in [-0.2, 0) is 27.7 Å². The van der Waals surface area contributed by atoms with E-state index in [0.29, 0.717) is 36.6 Å². The Morgan fingerprint density at radius 3 is 2.50 bits per heavy atom. The molecule has 2 N–H and O–H groups in total. The monoisotopic (exact) mass is 475 g/mol. The lowest BCUT2D eigenvalue weighted by atomic mass is 10.1. The quantitative estimate of drug-likeness (QED) is 0.441. The third-order valence-corrected chi connectivity index (χ3v) is 6.91. The van der Waals surface area contributed by atoms with Gasteiger partial charge < -0.3 is 14.8 Å². The van der Waals surface area contributed by atoms with Gasteiger partial charge in [0.1, 0.15) is 0 Å². The minimum Gasteiger partial charge on any atom is -0.493 e. The van der Waals surface area contributed by atoms with Gasteiger partial charge in [-0.25, -0.2) is 13.4 Å². The van der Waals surface area contributed by atoms with Crippen molar-refractivity contribution in [1.82, 2.24) is 10.3 Å². The van der Waals surface area contributed by atoms with Crippen LogP contribution in [0.1, 0.15) is 17.7 Å². The van der Waals surface area contributed by atoms with E-state index in [1.807, 2.05) is 18.2 Å². The van der Waals surface area contributed by atoms with E-state index < -0.39 is 10.0 Å². The number of amides is 1. The first-order valence-electron chi connectivity index (χ1n) is 9.91. The molecule has 1 amide bonds. The summed E-state index contributed by atoms with van der Waals surface area (Å²) in [4.78, 5) is 16.6. The van der Waals surface area contributed by atoms with Gasteiger partial charge in [-0.1, -0.05) is 24.3 Å². The van der Waals surface area contributed by atoms with Crippen LogP contribution in [0.15, 0.2) is 58.8 Å². The molecule has 0 bridgehead atoms. The van der Waals surface area contributed by atoms with Crippen LogP contribution in [0, 0.1) is 0 Å². The van der Waals surface area contributed by atoms with Crippen molar-refractivity contribution in [2.75, 3.05) is 25.5 Å². The van der Waals surface area contributed by atoms with Crippen molar-refractivity contribution in [2.24, 2.45) is 0 Å². The number of anilines is 1. The summed E-state index contributed by atoms with van der Waals surface area (Å²) in [5.41, 5.74) is 1.69. The van der Waals surface area contributed by atoms with Crippen molar-refractivity contribution >= 4 is 32.4 Å². The maximum Gasteiger partial charge on any atom is 0.263 e. The lowest BCUT2D eigenvalue weighted by Gasteiger charge is -2.10. The number of aryl methyl sites for hydroxylation is 1. The molecule has 1 aromatic heterocycles. The highest BCUT2D eigenvalue weighted by atomic mass is 32.2. The van der Waals surface area contributed by atoms with Crippen LogP contribution >= 0.6 is 11.3 Å². The number of aromatic nitrogens is 1. The van der Waals surface area contributed by atoms with Crippen LogP contribution in [0.4, 0.5) is 5.13 Å². The van der Waals surface area contributed by atoms with E-state index in [1.165, 1.54) is 23.5 Å². The second kappa shape index (κ2) is 11.0. The average molecular weight is 476 g/mol. The summed E-state index contributed by atoms with van der Waals surface area (Å²) in [6.45, 7) is 0.494. The maximum atomic E-state index is 12.4. The molecule has 0 radical (unpaired) electrons. The van der Waals surface area contributed by atoms with Gasteiger partial charge in [0.2, 0.25) is 5.91 Å². The number of thiazole rings is 1. The molecule has 0 fully saturated rings. The fourth-order valence-electron chi connectivity index (χ4n) is 2.95. The zero-order valence-electron chi connectivity index (χ0n) is 17.8. The Bertz CT molecular complexity index is 1150. The first-order valence-corrected chi connectivity index (χ1v) is 12.3. The van der Waals surface area contributed by atoms with Gasteiger partial charge in [0.25, 0.3) is 10.0 Å². The van der Waals surface area contributed by atoms with Gasteiger partial charge >= 0.3 is 0 Å². The Morgan fingerprint density at radius 1 is 1.03 bits per heavy atom. The largest absolute Gasteiger partial charge is 0.493 e. The van der Waals surface area contributed by atoms with Crippen LogP contribution in [0.25, 0.3) is 0 Å². The SMILES string of the molecule is COc1ccc(CCNC(=O)CCc2csc(NS(=O)(=O)c3ccccc3)n2)cc1OC. The second-order valence-electron chi connectivity index (χ2n) is 6.85. The van der Waals surface area contributed by atoms with Crippen LogP contribution in [0.3, 0.4) is 0 Å². The summed E-state index contributed by atoms with van der Waals surface area (Å²) in [6.07, 6.45) is 1.35. The van der Waals surface area contributed by atoms with Gasteiger partial charge in [0.05, 0.1) is 24.8 Å².